The molecular weight excluding hydrogens is 517 g/mol. The van der Waals surface area contributed by atoms with Crippen LogP contribution in [0.3, 0.4) is 0 Å². The number of nitrogens with one attached hydrogen (secondary N) is 2. The lowest BCUT2D eigenvalue weighted by molar-refractivity contribution is 0.0750. The molecule has 2 heterocycles. The van der Waals surface area contributed by atoms with E-state index in [4.69, 9.17) is 16.7 Å². The fourth-order valence-electron chi connectivity index (χ4n) is 5.56. The summed E-state index contributed by atoms with van der Waals surface area (Å²) in [6.45, 7) is 3.79. The lowest BCUT2D eigenvalue weighted by Crippen LogP contribution is -2.45. The fraction of sp³-hybridized carbons (Fsp3) is 0.300. The number of piperidine rings is 1. The number of hydrogen-bond donors (Lipinski definition) is 2. The van der Waals surface area contributed by atoms with Crippen LogP contribution in [-0.4, -0.2) is 39.7 Å². The SMILES string of the molecule is CC1C2C=CC=C(n3cc(C(=O)Nc4ccc(Cl)c(C(=O)NN5CCCCC5)c4)c(-c4ccc(F)cc4)n3)C12. The van der Waals surface area contributed by atoms with Crippen LogP contribution in [0.4, 0.5) is 10.1 Å². The van der Waals surface area contributed by atoms with Gasteiger partial charge in [-0.15, -0.1) is 0 Å². The van der Waals surface area contributed by atoms with Gasteiger partial charge in [-0.3, -0.25) is 15.0 Å². The van der Waals surface area contributed by atoms with E-state index in [1.807, 2.05) is 17.2 Å². The topological polar surface area (TPSA) is 79.3 Å². The van der Waals surface area contributed by atoms with Gasteiger partial charge in [0.2, 0.25) is 0 Å². The van der Waals surface area contributed by atoms with E-state index in [-0.39, 0.29) is 17.3 Å². The van der Waals surface area contributed by atoms with Crippen LogP contribution in [0.5, 0.6) is 0 Å². The Hall–Kier alpha value is -3.75. The summed E-state index contributed by atoms with van der Waals surface area (Å²) >= 11 is 6.35. The first-order valence-electron chi connectivity index (χ1n) is 13.3. The molecule has 7 nitrogen and oxygen atoms in total. The van der Waals surface area contributed by atoms with Crippen molar-refractivity contribution >= 4 is 34.8 Å². The number of halogens is 2. The Bertz CT molecular complexity index is 1490. The number of amides is 2. The van der Waals surface area contributed by atoms with E-state index >= 15 is 0 Å². The van der Waals surface area contributed by atoms with Crippen molar-refractivity contribution in [3.63, 3.8) is 0 Å². The molecule has 1 saturated heterocycles. The summed E-state index contributed by atoms with van der Waals surface area (Å²) in [5.74, 6) is 0.263. The molecule has 3 aliphatic rings. The van der Waals surface area contributed by atoms with Crippen molar-refractivity contribution in [1.82, 2.24) is 20.2 Å². The summed E-state index contributed by atoms with van der Waals surface area (Å²) in [6.07, 6.45) is 11.2. The van der Waals surface area contributed by atoms with Crippen molar-refractivity contribution in [3.05, 3.63) is 88.9 Å². The molecule has 3 unspecified atom stereocenters. The average Bonchev–Trinajstić information content (AvgIpc) is 3.39. The predicted molar refractivity (Wildman–Crippen MR) is 149 cm³/mol. The van der Waals surface area contributed by atoms with E-state index in [0.29, 0.717) is 45.3 Å². The molecule has 39 heavy (non-hydrogen) atoms. The minimum Gasteiger partial charge on any atom is -0.322 e. The molecule has 200 valence electrons. The van der Waals surface area contributed by atoms with Crippen molar-refractivity contribution in [2.45, 2.75) is 26.2 Å². The third-order valence-electron chi connectivity index (χ3n) is 7.81. The van der Waals surface area contributed by atoms with E-state index in [2.05, 4.69) is 23.7 Å². The Morgan fingerprint density at radius 2 is 1.79 bits per heavy atom. The fourth-order valence-corrected chi connectivity index (χ4v) is 5.76. The summed E-state index contributed by atoms with van der Waals surface area (Å²) < 4.78 is 15.4. The number of carbonyl (C=O) groups excluding carboxylic acids is 2. The van der Waals surface area contributed by atoms with Crippen molar-refractivity contribution in [2.24, 2.45) is 17.8 Å². The quantitative estimate of drug-likeness (QED) is 0.397. The molecule has 2 aliphatic carbocycles. The molecule has 9 heteroatoms. The lowest BCUT2D eigenvalue weighted by Gasteiger charge is -2.27. The van der Waals surface area contributed by atoms with Crippen molar-refractivity contribution in [1.29, 1.82) is 0 Å². The summed E-state index contributed by atoms with van der Waals surface area (Å²) in [7, 11) is 0. The molecule has 1 aromatic heterocycles. The van der Waals surface area contributed by atoms with Crippen LogP contribution in [-0.2, 0) is 0 Å². The van der Waals surface area contributed by atoms with Crippen molar-refractivity contribution in [2.75, 3.05) is 18.4 Å². The van der Waals surface area contributed by atoms with Gasteiger partial charge in [0.05, 0.1) is 16.1 Å². The number of benzene rings is 2. The normalized spacial score (nSPS) is 22.1. The Morgan fingerprint density at radius 1 is 1.03 bits per heavy atom. The highest BCUT2D eigenvalue weighted by Crippen LogP contribution is 2.54. The molecular formula is C30H29ClFN5O2. The van der Waals surface area contributed by atoms with E-state index < -0.39 is 5.91 Å². The first-order valence-corrected chi connectivity index (χ1v) is 13.7. The Morgan fingerprint density at radius 3 is 2.56 bits per heavy atom. The molecule has 2 aromatic carbocycles. The highest BCUT2D eigenvalue weighted by Gasteiger charge is 2.49. The number of rotatable bonds is 6. The highest BCUT2D eigenvalue weighted by atomic mass is 35.5. The summed E-state index contributed by atoms with van der Waals surface area (Å²) in [5, 5.41) is 9.87. The molecule has 2 N–H and O–H groups in total. The van der Waals surface area contributed by atoms with Gasteiger partial charge in [-0.2, -0.15) is 5.10 Å². The largest absolute Gasteiger partial charge is 0.322 e. The molecule has 0 bridgehead atoms. The standard InChI is InChI=1S/C30H29ClFN5O2/c1-18-22-6-5-7-26(27(18)22)37-17-24(28(34-37)19-8-10-20(32)11-9-19)29(38)33-21-12-13-25(31)23(16-21)30(39)35-36-14-3-2-4-15-36/h5-13,16-18,22,27H,2-4,14-15H2,1H3,(H,33,38)(H,35,39). The number of allylic oxidation sites excluding steroid dienone is 4. The number of aromatic nitrogens is 2. The van der Waals surface area contributed by atoms with E-state index in [1.165, 1.54) is 12.1 Å². The average molecular weight is 546 g/mol. The molecule has 3 aromatic rings. The molecule has 0 spiro atoms. The predicted octanol–water partition coefficient (Wildman–Crippen LogP) is 6.02. The first kappa shape index (κ1) is 25.5. The van der Waals surface area contributed by atoms with Crippen LogP contribution in [0.1, 0.15) is 46.9 Å². The zero-order chi connectivity index (χ0) is 27.1. The van der Waals surface area contributed by atoms with Gasteiger partial charge in [-0.1, -0.05) is 37.1 Å². The maximum atomic E-state index is 13.7. The molecule has 2 fully saturated rings. The van der Waals surface area contributed by atoms with Crippen molar-refractivity contribution < 1.29 is 14.0 Å². The van der Waals surface area contributed by atoms with E-state index in [9.17, 15) is 14.0 Å². The maximum absolute atomic E-state index is 13.7. The van der Waals surface area contributed by atoms with Gasteiger partial charge in [-0.05, 0) is 73.2 Å². The first-order chi connectivity index (χ1) is 18.9. The van der Waals surface area contributed by atoms with Crippen LogP contribution in [0.25, 0.3) is 17.0 Å². The van der Waals surface area contributed by atoms with Gasteiger partial charge in [0, 0.05) is 42.2 Å². The summed E-state index contributed by atoms with van der Waals surface area (Å²) in [4.78, 5) is 26.5. The van der Waals surface area contributed by atoms with Gasteiger partial charge in [0.1, 0.15) is 11.5 Å². The van der Waals surface area contributed by atoms with Gasteiger partial charge in [-0.25, -0.2) is 14.1 Å². The zero-order valence-corrected chi connectivity index (χ0v) is 22.3. The third kappa shape index (κ3) is 5.14. The van der Waals surface area contributed by atoms with E-state index in [0.717, 1.165) is 38.0 Å². The number of hydrazine groups is 1. The molecule has 1 saturated carbocycles. The summed E-state index contributed by atoms with van der Waals surface area (Å²) in [5.41, 5.74) is 6.08. The smallest absolute Gasteiger partial charge is 0.267 e. The van der Waals surface area contributed by atoms with Gasteiger partial charge >= 0.3 is 0 Å². The van der Waals surface area contributed by atoms with Gasteiger partial charge in [0.15, 0.2) is 0 Å². The second kappa shape index (κ2) is 10.4. The Balaban J connectivity index is 1.28. The Labute approximate surface area is 231 Å². The minimum atomic E-state index is -0.391. The second-order valence-electron chi connectivity index (χ2n) is 10.4. The molecule has 0 radical (unpaired) electrons. The molecule has 2 amide bonds. The lowest BCUT2D eigenvalue weighted by atomic mass is 10.1. The number of fused-ring (bicyclic) bond motifs is 1. The molecule has 3 atom stereocenters. The monoisotopic (exact) mass is 545 g/mol. The van der Waals surface area contributed by atoms with Crippen LogP contribution >= 0.6 is 11.6 Å². The molecule has 1 aliphatic heterocycles. The number of nitrogens with zero attached hydrogens (tertiary/aromatic N) is 3. The number of carbonyl (C=O) groups is 2. The molecule has 6 rings (SSSR count). The zero-order valence-electron chi connectivity index (χ0n) is 21.5. The maximum Gasteiger partial charge on any atom is 0.267 e. The third-order valence-corrected chi connectivity index (χ3v) is 8.14. The van der Waals surface area contributed by atoms with Gasteiger partial charge < -0.3 is 5.32 Å². The highest BCUT2D eigenvalue weighted by molar-refractivity contribution is 6.34. The van der Waals surface area contributed by atoms with E-state index in [1.54, 1.807) is 41.2 Å². The second-order valence-corrected chi connectivity index (χ2v) is 10.8. The minimum absolute atomic E-state index is 0.280. The van der Waals surface area contributed by atoms with Crippen LogP contribution in [0, 0.1) is 23.6 Å². The number of hydrogen-bond acceptors (Lipinski definition) is 4. The summed E-state index contributed by atoms with van der Waals surface area (Å²) in [6, 6.07) is 10.8. The van der Waals surface area contributed by atoms with Crippen LogP contribution < -0.4 is 10.7 Å². The van der Waals surface area contributed by atoms with Gasteiger partial charge in [0.25, 0.3) is 11.8 Å². The van der Waals surface area contributed by atoms with Crippen LogP contribution in [0.15, 0.2) is 66.9 Å². The Kier molecular flexibility index (Phi) is 6.83. The number of anilines is 1. The van der Waals surface area contributed by atoms with Crippen LogP contribution in [0.2, 0.25) is 5.02 Å². The van der Waals surface area contributed by atoms with Crippen molar-refractivity contribution in [3.8, 4) is 11.3 Å².